The molecular formula is C16H23N3O2. The first-order chi connectivity index (χ1) is 10.1. The van der Waals surface area contributed by atoms with Gasteiger partial charge in [0.25, 0.3) is 5.91 Å². The molecule has 21 heavy (non-hydrogen) atoms. The Balaban J connectivity index is 2.56. The Kier molecular flexibility index (Phi) is 7.18. The van der Waals surface area contributed by atoms with Gasteiger partial charge in [-0.3, -0.25) is 9.59 Å². The van der Waals surface area contributed by atoms with Gasteiger partial charge in [-0.2, -0.15) is 0 Å². The van der Waals surface area contributed by atoms with Crippen LogP contribution in [0.4, 0.5) is 5.69 Å². The number of rotatable bonds is 8. The second-order valence-electron chi connectivity index (χ2n) is 4.90. The van der Waals surface area contributed by atoms with Crippen molar-refractivity contribution in [3.05, 3.63) is 42.5 Å². The van der Waals surface area contributed by atoms with Gasteiger partial charge < -0.3 is 16.4 Å². The lowest BCUT2D eigenvalue weighted by Crippen LogP contribution is -2.23. The summed E-state index contributed by atoms with van der Waals surface area (Å²) >= 11 is 0. The summed E-state index contributed by atoms with van der Waals surface area (Å²) in [5, 5.41) is 5.53. The lowest BCUT2D eigenvalue weighted by molar-refractivity contribution is -0.119. The number of amides is 2. The van der Waals surface area contributed by atoms with Gasteiger partial charge in [-0.1, -0.05) is 13.0 Å². The molecule has 0 aliphatic rings. The molecule has 4 N–H and O–H groups in total. The van der Waals surface area contributed by atoms with E-state index in [1.54, 1.807) is 30.3 Å². The molecule has 2 amide bonds. The van der Waals surface area contributed by atoms with E-state index in [1.165, 1.54) is 0 Å². The van der Waals surface area contributed by atoms with Crippen LogP contribution in [0.5, 0.6) is 0 Å². The predicted molar refractivity (Wildman–Crippen MR) is 85.1 cm³/mol. The van der Waals surface area contributed by atoms with Gasteiger partial charge in [0.15, 0.2) is 0 Å². The monoisotopic (exact) mass is 289 g/mol. The third kappa shape index (κ3) is 5.79. The Morgan fingerprint density at radius 1 is 1.33 bits per heavy atom. The first kappa shape index (κ1) is 16.9. The molecule has 114 valence electrons. The van der Waals surface area contributed by atoms with Crippen molar-refractivity contribution in [2.24, 2.45) is 11.7 Å². The van der Waals surface area contributed by atoms with Gasteiger partial charge in [0.1, 0.15) is 0 Å². The Bertz CT molecular complexity index is 483. The molecule has 0 bridgehead atoms. The first-order valence-electron chi connectivity index (χ1n) is 7.08. The third-order valence-electron chi connectivity index (χ3n) is 3.11. The minimum Gasteiger partial charge on any atom is -0.349 e. The molecule has 0 saturated carbocycles. The average molecular weight is 289 g/mol. The standard InChI is InChI=1S/C16H23N3O2/c1-3-11-18-16(21)13-6-8-14(9-7-13)19-15(20)12(2)5-4-10-17/h3,6-9,12H,1,4-5,10-11,17H2,2H3,(H,18,21)(H,19,20). The third-order valence-corrected chi connectivity index (χ3v) is 3.11. The van der Waals surface area contributed by atoms with Crippen molar-refractivity contribution >= 4 is 17.5 Å². The fourth-order valence-corrected chi connectivity index (χ4v) is 1.79. The van der Waals surface area contributed by atoms with Crippen molar-refractivity contribution < 1.29 is 9.59 Å². The van der Waals surface area contributed by atoms with E-state index >= 15 is 0 Å². The van der Waals surface area contributed by atoms with Crippen LogP contribution in [0.3, 0.4) is 0 Å². The molecule has 5 heteroatoms. The predicted octanol–water partition coefficient (Wildman–Crippen LogP) is 1.92. The van der Waals surface area contributed by atoms with Gasteiger partial charge in [0.05, 0.1) is 0 Å². The highest BCUT2D eigenvalue weighted by Crippen LogP contribution is 2.13. The number of carbonyl (C=O) groups excluding carboxylic acids is 2. The van der Waals surface area contributed by atoms with Crippen LogP contribution in [-0.2, 0) is 4.79 Å². The maximum absolute atomic E-state index is 11.9. The molecule has 1 atom stereocenters. The molecular weight excluding hydrogens is 266 g/mol. The van der Waals surface area contributed by atoms with Gasteiger partial charge in [0, 0.05) is 23.7 Å². The highest BCUT2D eigenvalue weighted by Gasteiger charge is 2.12. The van der Waals surface area contributed by atoms with Gasteiger partial charge in [0.2, 0.25) is 5.91 Å². The van der Waals surface area contributed by atoms with Gasteiger partial charge >= 0.3 is 0 Å². The molecule has 1 unspecified atom stereocenters. The van der Waals surface area contributed by atoms with Crippen molar-refractivity contribution in [3.8, 4) is 0 Å². The topological polar surface area (TPSA) is 84.2 Å². The zero-order chi connectivity index (χ0) is 15.7. The van der Waals surface area contributed by atoms with Crippen molar-refractivity contribution in [2.45, 2.75) is 19.8 Å². The largest absolute Gasteiger partial charge is 0.349 e. The Morgan fingerprint density at radius 3 is 2.57 bits per heavy atom. The number of hydrogen-bond acceptors (Lipinski definition) is 3. The molecule has 0 aliphatic heterocycles. The van der Waals surface area contributed by atoms with E-state index in [1.807, 2.05) is 6.92 Å². The first-order valence-corrected chi connectivity index (χ1v) is 7.08. The van der Waals surface area contributed by atoms with Crippen LogP contribution in [-0.4, -0.2) is 24.9 Å². The summed E-state index contributed by atoms with van der Waals surface area (Å²) < 4.78 is 0. The van der Waals surface area contributed by atoms with Gasteiger partial charge in [-0.15, -0.1) is 6.58 Å². The van der Waals surface area contributed by atoms with Crippen LogP contribution < -0.4 is 16.4 Å². The van der Waals surface area contributed by atoms with Crippen LogP contribution >= 0.6 is 0 Å². The summed E-state index contributed by atoms with van der Waals surface area (Å²) in [6.07, 6.45) is 3.22. The SMILES string of the molecule is C=CCNC(=O)c1ccc(NC(=O)C(C)CCCN)cc1. The quantitative estimate of drug-likeness (QED) is 0.639. The number of hydrogen-bond donors (Lipinski definition) is 3. The second kappa shape index (κ2) is 8.92. The molecule has 0 fully saturated rings. The van der Waals surface area contributed by atoms with Crippen LogP contribution in [0.2, 0.25) is 0 Å². The number of nitrogens with one attached hydrogen (secondary N) is 2. The fourth-order valence-electron chi connectivity index (χ4n) is 1.79. The Labute approximate surface area is 125 Å². The minimum atomic E-state index is -0.163. The van der Waals surface area contributed by atoms with Crippen LogP contribution in [0, 0.1) is 5.92 Å². The number of nitrogens with two attached hydrogens (primary N) is 1. The summed E-state index contributed by atoms with van der Waals surface area (Å²) in [6, 6.07) is 6.80. The molecule has 1 aromatic carbocycles. The maximum Gasteiger partial charge on any atom is 0.251 e. The van der Waals surface area contributed by atoms with Crippen LogP contribution in [0.15, 0.2) is 36.9 Å². The summed E-state index contributed by atoms with van der Waals surface area (Å²) in [7, 11) is 0. The lowest BCUT2D eigenvalue weighted by Gasteiger charge is -2.12. The summed E-state index contributed by atoms with van der Waals surface area (Å²) in [4.78, 5) is 23.6. The maximum atomic E-state index is 11.9. The smallest absolute Gasteiger partial charge is 0.251 e. The van der Waals surface area contributed by atoms with E-state index in [-0.39, 0.29) is 17.7 Å². The van der Waals surface area contributed by atoms with E-state index in [0.29, 0.717) is 24.3 Å². The van der Waals surface area contributed by atoms with Crippen molar-refractivity contribution in [2.75, 3.05) is 18.4 Å². The van der Waals surface area contributed by atoms with Crippen molar-refractivity contribution in [3.63, 3.8) is 0 Å². The van der Waals surface area contributed by atoms with E-state index < -0.39 is 0 Å². The second-order valence-corrected chi connectivity index (χ2v) is 4.90. The Morgan fingerprint density at radius 2 is 2.00 bits per heavy atom. The molecule has 0 heterocycles. The zero-order valence-electron chi connectivity index (χ0n) is 12.4. The van der Waals surface area contributed by atoms with Crippen LogP contribution in [0.25, 0.3) is 0 Å². The van der Waals surface area contributed by atoms with Crippen molar-refractivity contribution in [1.29, 1.82) is 0 Å². The number of benzene rings is 1. The normalized spacial score (nSPS) is 11.5. The lowest BCUT2D eigenvalue weighted by atomic mass is 10.0. The fraction of sp³-hybridized carbons (Fsp3) is 0.375. The number of carbonyl (C=O) groups is 2. The van der Waals surface area contributed by atoms with Gasteiger partial charge in [-0.05, 0) is 43.7 Å². The van der Waals surface area contributed by atoms with E-state index in [4.69, 9.17) is 5.73 Å². The molecule has 0 saturated heterocycles. The molecule has 0 aromatic heterocycles. The summed E-state index contributed by atoms with van der Waals surface area (Å²) in [6.45, 7) is 6.43. The molecule has 1 aromatic rings. The number of anilines is 1. The zero-order valence-corrected chi connectivity index (χ0v) is 12.4. The average Bonchev–Trinajstić information content (AvgIpc) is 2.50. The van der Waals surface area contributed by atoms with Crippen molar-refractivity contribution in [1.82, 2.24) is 5.32 Å². The van der Waals surface area contributed by atoms with E-state index in [9.17, 15) is 9.59 Å². The molecule has 0 aliphatic carbocycles. The Hall–Kier alpha value is -2.14. The molecule has 5 nitrogen and oxygen atoms in total. The highest BCUT2D eigenvalue weighted by molar-refractivity contribution is 5.96. The van der Waals surface area contributed by atoms with E-state index in [0.717, 1.165) is 12.8 Å². The molecule has 0 radical (unpaired) electrons. The minimum absolute atomic E-state index is 0.0349. The summed E-state index contributed by atoms with van der Waals surface area (Å²) in [5.74, 6) is -0.277. The highest BCUT2D eigenvalue weighted by atomic mass is 16.2. The molecule has 0 spiro atoms. The van der Waals surface area contributed by atoms with E-state index in [2.05, 4.69) is 17.2 Å². The van der Waals surface area contributed by atoms with Gasteiger partial charge in [-0.25, -0.2) is 0 Å². The molecule has 1 rings (SSSR count). The summed E-state index contributed by atoms with van der Waals surface area (Å²) in [5.41, 5.74) is 6.66. The van der Waals surface area contributed by atoms with Crippen LogP contribution in [0.1, 0.15) is 30.1 Å².